The van der Waals surface area contributed by atoms with E-state index in [1.165, 1.54) is 6.92 Å². The van der Waals surface area contributed by atoms with Gasteiger partial charge in [-0.15, -0.1) is 5.10 Å². The number of hydrogen-bond acceptors (Lipinski definition) is 6. The summed E-state index contributed by atoms with van der Waals surface area (Å²) in [6.07, 6.45) is 3.43. The highest BCUT2D eigenvalue weighted by molar-refractivity contribution is 5.75. The number of para-hydroxylation sites is 2. The minimum atomic E-state index is -0.0794. The highest BCUT2D eigenvalue weighted by atomic mass is 16.4. The van der Waals surface area contributed by atoms with Gasteiger partial charge < -0.3 is 14.6 Å². The SMILES string of the molecule is CC(=O)N[C@@H]1CN(c2nc3ccccc3o2)C[C@@H]1n1ccnn1. The number of hydrogen-bond donors (Lipinski definition) is 1. The van der Waals surface area contributed by atoms with Crippen molar-refractivity contribution in [1.82, 2.24) is 25.3 Å². The number of nitrogens with one attached hydrogen (secondary N) is 1. The van der Waals surface area contributed by atoms with Gasteiger partial charge in [-0.25, -0.2) is 4.68 Å². The van der Waals surface area contributed by atoms with Gasteiger partial charge in [-0.1, -0.05) is 17.3 Å². The van der Waals surface area contributed by atoms with Gasteiger partial charge in [0, 0.05) is 26.2 Å². The zero-order valence-electron chi connectivity index (χ0n) is 12.6. The Morgan fingerprint density at radius 3 is 2.96 bits per heavy atom. The molecule has 4 rings (SSSR count). The third-order valence-corrected chi connectivity index (χ3v) is 4.01. The van der Waals surface area contributed by atoms with Gasteiger partial charge >= 0.3 is 0 Å². The second kappa shape index (κ2) is 5.38. The van der Waals surface area contributed by atoms with Crippen LogP contribution in [0.1, 0.15) is 13.0 Å². The topological polar surface area (TPSA) is 89.1 Å². The normalized spacial score (nSPS) is 21.0. The van der Waals surface area contributed by atoms with Crippen molar-refractivity contribution in [1.29, 1.82) is 0 Å². The van der Waals surface area contributed by atoms with E-state index >= 15 is 0 Å². The number of anilines is 1. The second-order valence-corrected chi connectivity index (χ2v) is 5.63. The molecule has 2 atom stereocenters. The summed E-state index contributed by atoms with van der Waals surface area (Å²) in [5.41, 5.74) is 1.57. The van der Waals surface area contributed by atoms with E-state index in [-0.39, 0.29) is 18.0 Å². The summed E-state index contributed by atoms with van der Waals surface area (Å²) >= 11 is 0. The number of fused-ring (bicyclic) bond motifs is 1. The Hall–Kier alpha value is -2.90. The predicted molar refractivity (Wildman–Crippen MR) is 82.9 cm³/mol. The Kier molecular flexibility index (Phi) is 3.22. The Balaban J connectivity index is 1.64. The van der Waals surface area contributed by atoms with Crippen molar-refractivity contribution in [3.63, 3.8) is 0 Å². The van der Waals surface area contributed by atoms with Gasteiger partial charge in [0.05, 0.1) is 18.3 Å². The molecule has 0 radical (unpaired) electrons. The number of aromatic nitrogens is 4. The van der Waals surface area contributed by atoms with Crippen LogP contribution >= 0.6 is 0 Å². The number of amides is 1. The number of oxazole rings is 1. The molecule has 0 spiro atoms. The van der Waals surface area contributed by atoms with Crippen molar-refractivity contribution in [3.8, 4) is 0 Å². The molecule has 0 unspecified atom stereocenters. The minimum absolute atomic E-state index is 0.0172. The fraction of sp³-hybridized carbons (Fsp3) is 0.333. The molecule has 1 aromatic carbocycles. The lowest BCUT2D eigenvalue weighted by Gasteiger charge is -2.18. The first-order valence-corrected chi connectivity index (χ1v) is 7.44. The zero-order valence-corrected chi connectivity index (χ0v) is 12.6. The maximum Gasteiger partial charge on any atom is 0.298 e. The number of carbonyl (C=O) groups is 1. The van der Waals surface area contributed by atoms with Crippen molar-refractivity contribution < 1.29 is 9.21 Å². The van der Waals surface area contributed by atoms with Gasteiger partial charge in [-0.2, -0.15) is 4.98 Å². The van der Waals surface area contributed by atoms with E-state index in [9.17, 15) is 4.79 Å². The smallest absolute Gasteiger partial charge is 0.298 e. The van der Waals surface area contributed by atoms with Crippen LogP contribution in [0.15, 0.2) is 41.1 Å². The summed E-state index contributed by atoms with van der Waals surface area (Å²) < 4.78 is 7.59. The average molecular weight is 312 g/mol. The molecule has 2 aromatic heterocycles. The van der Waals surface area contributed by atoms with E-state index in [1.54, 1.807) is 17.1 Å². The van der Waals surface area contributed by atoms with Crippen molar-refractivity contribution in [2.45, 2.75) is 19.0 Å². The molecule has 0 saturated carbocycles. The van der Waals surface area contributed by atoms with E-state index in [0.29, 0.717) is 19.1 Å². The van der Waals surface area contributed by atoms with Crippen LogP contribution in [-0.2, 0) is 4.79 Å². The van der Waals surface area contributed by atoms with Crippen LogP contribution in [0.4, 0.5) is 6.01 Å². The molecule has 1 aliphatic heterocycles. The van der Waals surface area contributed by atoms with E-state index in [2.05, 4.69) is 20.6 Å². The van der Waals surface area contributed by atoms with Crippen molar-refractivity contribution in [2.75, 3.05) is 18.0 Å². The third kappa shape index (κ3) is 2.52. The molecule has 0 aliphatic carbocycles. The van der Waals surface area contributed by atoms with Gasteiger partial charge in [0.2, 0.25) is 5.91 Å². The highest BCUT2D eigenvalue weighted by Crippen LogP contribution is 2.29. The zero-order chi connectivity index (χ0) is 15.8. The maximum absolute atomic E-state index is 11.5. The lowest BCUT2D eigenvalue weighted by Crippen LogP contribution is -2.40. The third-order valence-electron chi connectivity index (χ3n) is 4.01. The van der Waals surface area contributed by atoms with Crippen LogP contribution in [0.2, 0.25) is 0 Å². The molecule has 118 valence electrons. The second-order valence-electron chi connectivity index (χ2n) is 5.63. The van der Waals surface area contributed by atoms with Crippen LogP contribution in [0.5, 0.6) is 0 Å². The first-order valence-electron chi connectivity index (χ1n) is 7.44. The predicted octanol–water partition coefficient (Wildman–Crippen LogP) is 0.985. The molecular formula is C15H16N6O2. The lowest BCUT2D eigenvalue weighted by molar-refractivity contribution is -0.119. The average Bonchev–Trinajstić information content (AvgIpc) is 3.25. The summed E-state index contributed by atoms with van der Waals surface area (Å²) in [5.74, 6) is -0.0699. The first-order chi connectivity index (χ1) is 11.2. The molecule has 1 N–H and O–H groups in total. The van der Waals surface area contributed by atoms with Gasteiger partial charge in [0.15, 0.2) is 5.58 Å². The van der Waals surface area contributed by atoms with Gasteiger partial charge in [-0.05, 0) is 12.1 Å². The van der Waals surface area contributed by atoms with E-state index < -0.39 is 0 Å². The maximum atomic E-state index is 11.5. The number of carbonyl (C=O) groups excluding carboxylic acids is 1. The lowest BCUT2D eigenvalue weighted by atomic mass is 10.2. The quantitative estimate of drug-likeness (QED) is 0.775. The van der Waals surface area contributed by atoms with Crippen LogP contribution in [-0.4, -0.2) is 45.0 Å². The Morgan fingerprint density at radius 2 is 2.22 bits per heavy atom. The summed E-state index contributed by atoms with van der Waals surface area (Å²) in [6.45, 7) is 2.76. The van der Waals surface area contributed by atoms with Gasteiger partial charge in [0.1, 0.15) is 5.52 Å². The van der Waals surface area contributed by atoms with E-state index in [4.69, 9.17) is 4.42 Å². The number of rotatable bonds is 3. The molecule has 3 heterocycles. The van der Waals surface area contributed by atoms with E-state index in [0.717, 1.165) is 11.1 Å². The molecular weight excluding hydrogens is 296 g/mol. The van der Waals surface area contributed by atoms with Crippen LogP contribution < -0.4 is 10.2 Å². The first kappa shape index (κ1) is 13.7. The highest BCUT2D eigenvalue weighted by Gasteiger charge is 2.37. The molecule has 3 aromatic rings. The molecule has 1 fully saturated rings. The van der Waals surface area contributed by atoms with E-state index in [1.807, 2.05) is 29.2 Å². The van der Waals surface area contributed by atoms with Gasteiger partial charge in [-0.3, -0.25) is 4.79 Å². The number of nitrogens with zero attached hydrogens (tertiary/aromatic N) is 5. The fourth-order valence-corrected chi connectivity index (χ4v) is 3.00. The molecule has 8 nitrogen and oxygen atoms in total. The van der Waals surface area contributed by atoms with Gasteiger partial charge in [0.25, 0.3) is 6.01 Å². The molecule has 1 saturated heterocycles. The molecule has 0 bridgehead atoms. The Morgan fingerprint density at radius 1 is 1.35 bits per heavy atom. The summed E-state index contributed by atoms with van der Waals surface area (Å²) in [5, 5.41) is 10.9. The summed E-state index contributed by atoms with van der Waals surface area (Å²) in [6, 6.07) is 8.11. The summed E-state index contributed by atoms with van der Waals surface area (Å²) in [7, 11) is 0. The largest absolute Gasteiger partial charge is 0.423 e. The van der Waals surface area contributed by atoms with Crippen molar-refractivity contribution in [3.05, 3.63) is 36.7 Å². The minimum Gasteiger partial charge on any atom is -0.423 e. The molecule has 23 heavy (non-hydrogen) atoms. The van der Waals surface area contributed by atoms with Crippen molar-refractivity contribution >= 4 is 23.0 Å². The van der Waals surface area contributed by atoms with Crippen molar-refractivity contribution in [2.24, 2.45) is 0 Å². The molecule has 1 amide bonds. The Bertz CT molecular complexity index is 794. The molecule has 8 heteroatoms. The fourth-order valence-electron chi connectivity index (χ4n) is 3.00. The monoisotopic (exact) mass is 312 g/mol. The number of benzene rings is 1. The standard InChI is InChI=1S/C15H16N6O2/c1-10(22)17-12-8-20(9-13(12)21-7-6-16-19-21)15-18-11-4-2-3-5-14(11)23-15/h2-7,12-13H,8-9H2,1H3,(H,17,22)/t12-,13+/m1/s1. The molecule has 1 aliphatic rings. The van der Waals surface area contributed by atoms with Crippen LogP contribution in [0.25, 0.3) is 11.1 Å². The summed E-state index contributed by atoms with van der Waals surface area (Å²) in [4.78, 5) is 18.0. The van der Waals surface area contributed by atoms with Crippen LogP contribution in [0.3, 0.4) is 0 Å². The Labute approximate surface area is 132 Å². The van der Waals surface area contributed by atoms with Crippen LogP contribution in [0, 0.1) is 0 Å².